The van der Waals surface area contributed by atoms with Gasteiger partial charge in [-0.15, -0.1) is 0 Å². The number of hydrogen-bond acceptors (Lipinski definition) is 6. The first-order valence-corrected chi connectivity index (χ1v) is 9.52. The molecule has 0 spiro atoms. The highest BCUT2D eigenvalue weighted by atomic mass is 16.3. The molecule has 9 heteroatoms. The van der Waals surface area contributed by atoms with Crippen molar-refractivity contribution >= 4 is 17.7 Å². The first-order chi connectivity index (χ1) is 14.3. The van der Waals surface area contributed by atoms with Crippen molar-refractivity contribution < 1.29 is 29.7 Å². The molecule has 0 radical (unpaired) electrons. The number of rotatable bonds is 5. The number of nitrogens with zero attached hydrogens (tertiary/aromatic N) is 1. The van der Waals surface area contributed by atoms with Crippen molar-refractivity contribution in [3.8, 4) is 17.2 Å². The first-order valence-electron chi connectivity index (χ1n) is 9.52. The zero-order valence-corrected chi connectivity index (χ0v) is 16.2. The van der Waals surface area contributed by atoms with Gasteiger partial charge in [-0.2, -0.15) is 0 Å². The molecule has 30 heavy (non-hydrogen) atoms. The zero-order chi connectivity index (χ0) is 21.7. The summed E-state index contributed by atoms with van der Waals surface area (Å²) in [5, 5.41) is 34.0. The Balaban J connectivity index is 1.45. The maximum atomic E-state index is 12.5. The van der Waals surface area contributed by atoms with Crippen LogP contribution in [0.1, 0.15) is 33.6 Å². The molecule has 3 amide bonds. The summed E-state index contributed by atoms with van der Waals surface area (Å²) in [5.74, 6) is -2.84. The molecular formula is C21H23N3O6. The minimum absolute atomic E-state index is 0.0638. The third-order valence-corrected chi connectivity index (χ3v) is 4.91. The number of carbonyl (C=O) groups is 3. The molecule has 158 valence electrons. The number of carbonyl (C=O) groups excluding carboxylic acids is 3. The van der Waals surface area contributed by atoms with Gasteiger partial charge in [-0.3, -0.25) is 14.4 Å². The first kappa shape index (κ1) is 21.0. The normalized spacial score (nSPS) is 14.2. The minimum atomic E-state index is -0.674. The molecule has 1 aliphatic rings. The Hall–Kier alpha value is -3.75. The van der Waals surface area contributed by atoms with Crippen LogP contribution in [-0.2, 0) is 4.79 Å². The lowest BCUT2D eigenvalue weighted by atomic mass is 10.0. The number of likely N-dealkylation sites (tertiary alicyclic amines) is 1. The predicted octanol–water partition coefficient (Wildman–Crippen LogP) is 0.954. The van der Waals surface area contributed by atoms with E-state index >= 15 is 0 Å². The molecule has 9 nitrogen and oxygen atoms in total. The van der Waals surface area contributed by atoms with Crippen LogP contribution >= 0.6 is 0 Å². The molecule has 0 aliphatic carbocycles. The van der Waals surface area contributed by atoms with Crippen LogP contribution in [0.15, 0.2) is 42.5 Å². The van der Waals surface area contributed by atoms with Gasteiger partial charge in [0.2, 0.25) is 5.91 Å². The van der Waals surface area contributed by atoms with E-state index in [1.165, 1.54) is 0 Å². The maximum Gasteiger partial charge on any atom is 0.254 e. The van der Waals surface area contributed by atoms with Gasteiger partial charge in [0.25, 0.3) is 11.8 Å². The summed E-state index contributed by atoms with van der Waals surface area (Å²) in [6.07, 6.45) is 1.06. The van der Waals surface area contributed by atoms with E-state index in [1.807, 2.05) is 0 Å². The number of benzene rings is 2. The van der Waals surface area contributed by atoms with Crippen LogP contribution in [0.25, 0.3) is 0 Å². The fraction of sp³-hybridized carbons (Fsp3) is 0.286. The summed E-state index contributed by atoms with van der Waals surface area (Å²) in [5.41, 5.74) is 0.539. The quantitative estimate of drug-likeness (QED) is 0.463. The molecule has 0 saturated carbocycles. The smallest absolute Gasteiger partial charge is 0.254 e. The van der Waals surface area contributed by atoms with Gasteiger partial charge in [0.1, 0.15) is 0 Å². The Morgan fingerprint density at radius 3 is 2.13 bits per heavy atom. The summed E-state index contributed by atoms with van der Waals surface area (Å²) < 4.78 is 0. The van der Waals surface area contributed by atoms with Crippen molar-refractivity contribution in [1.29, 1.82) is 0 Å². The Kier molecular flexibility index (Phi) is 6.41. The summed E-state index contributed by atoms with van der Waals surface area (Å²) in [6.45, 7) is 0.615. The molecule has 0 aromatic heterocycles. The predicted molar refractivity (Wildman–Crippen MR) is 107 cm³/mol. The van der Waals surface area contributed by atoms with Crippen molar-refractivity contribution in [2.45, 2.75) is 18.9 Å². The molecule has 3 rings (SSSR count). The lowest BCUT2D eigenvalue weighted by Gasteiger charge is -2.32. The van der Waals surface area contributed by atoms with E-state index in [-0.39, 0.29) is 35.9 Å². The van der Waals surface area contributed by atoms with E-state index in [1.54, 1.807) is 35.2 Å². The summed E-state index contributed by atoms with van der Waals surface area (Å²) >= 11 is 0. The van der Waals surface area contributed by atoms with E-state index in [4.69, 9.17) is 0 Å². The second-order valence-electron chi connectivity index (χ2n) is 7.05. The minimum Gasteiger partial charge on any atom is -0.504 e. The highest BCUT2D eigenvalue weighted by Gasteiger charge is 2.26. The van der Waals surface area contributed by atoms with Crippen LogP contribution < -0.4 is 10.6 Å². The summed E-state index contributed by atoms with van der Waals surface area (Å²) in [7, 11) is 0. The fourth-order valence-electron chi connectivity index (χ4n) is 3.27. The van der Waals surface area contributed by atoms with Crippen molar-refractivity contribution in [2.75, 3.05) is 19.6 Å². The number of aromatic hydroxyl groups is 3. The van der Waals surface area contributed by atoms with Crippen molar-refractivity contribution in [1.82, 2.24) is 15.5 Å². The average molecular weight is 413 g/mol. The van der Waals surface area contributed by atoms with E-state index in [9.17, 15) is 29.7 Å². The number of phenolic OH excluding ortho intramolecular Hbond substituents is 3. The average Bonchev–Trinajstić information content (AvgIpc) is 2.76. The number of amides is 3. The van der Waals surface area contributed by atoms with E-state index in [0.29, 0.717) is 31.5 Å². The van der Waals surface area contributed by atoms with Gasteiger partial charge in [-0.05, 0) is 37.1 Å². The van der Waals surface area contributed by atoms with Crippen LogP contribution in [0, 0.1) is 0 Å². The van der Waals surface area contributed by atoms with Crippen LogP contribution in [0.4, 0.5) is 0 Å². The second kappa shape index (κ2) is 9.17. The topological polar surface area (TPSA) is 139 Å². The van der Waals surface area contributed by atoms with Gasteiger partial charge >= 0.3 is 0 Å². The lowest BCUT2D eigenvalue weighted by Crippen LogP contribution is -2.48. The molecule has 1 saturated heterocycles. The Morgan fingerprint density at radius 1 is 0.933 bits per heavy atom. The van der Waals surface area contributed by atoms with E-state index < -0.39 is 17.2 Å². The third kappa shape index (κ3) is 4.99. The van der Waals surface area contributed by atoms with Gasteiger partial charge in [0, 0.05) is 30.3 Å². The Morgan fingerprint density at radius 2 is 1.53 bits per heavy atom. The molecule has 2 aromatic carbocycles. The van der Waals surface area contributed by atoms with E-state index in [0.717, 1.165) is 12.1 Å². The number of phenols is 3. The van der Waals surface area contributed by atoms with Crippen molar-refractivity contribution in [3.05, 3.63) is 53.6 Å². The molecule has 2 aromatic rings. The lowest BCUT2D eigenvalue weighted by molar-refractivity contribution is -0.121. The van der Waals surface area contributed by atoms with Crippen molar-refractivity contribution in [3.63, 3.8) is 0 Å². The summed E-state index contributed by atoms with van der Waals surface area (Å²) in [6, 6.07) is 10.7. The Labute approximate surface area is 172 Å². The molecule has 0 unspecified atom stereocenters. The largest absolute Gasteiger partial charge is 0.504 e. The van der Waals surface area contributed by atoms with Gasteiger partial charge in [0.15, 0.2) is 17.2 Å². The van der Waals surface area contributed by atoms with Crippen molar-refractivity contribution in [2.24, 2.45) is 0 Å². The molecular weight excluding hydrogens is 390 g/mol. The zero-order valence-electron chi connectivity index (χ0n) is 16.2. The number of piperidine rings is 1. The highest BCUT2D eigenvalue weighted by molar-refractivity contribution is 5.96. The fourth-order valence-corrected chi connectivity index (χ4v) is 3.27. The van der Waals surface area contributed by atoms with Crippen LogP contribution in [0.2, 0.25) is 0 Å². The number of nitrogens with one attached hydrogen (secondary N) is 2. The molecule has 1 fully saturated rings. The van der Waals surface area contributed by atoms with Crippen LogP contribution in [0.3, 0.4) is 0 Å². The Bertz CT molecular complexity index is 916. The molecule has 1 aliphatic heterocycles. The molecule has 0 atom stereocenters. The molecule has 5 N–H and O–H groups in total. The standard InChI is InChI=1S/C21H23N3O6/c25-16-10-14(11-17(26)19(16)28)21(30)24-8-6-15(7-9-24)23-18(27)12-22-20(29)13-4-2-1-3-5-13/h1-5,10-11,15,25-26,28H,6-9,12H2,(H,22,29)(H,23,27). The van der Waals surface area contributed by atoms with Crippen LogP contribution in [-0.4, -0.2) is 63.6 Å². The highest BCUT2D eigenvalue weighted by Crippen LogP contribution is 2.35. The van der Waals surface area contributed by atoms with Gasteiger partial charge < -0.3 is 30.9 Å². The van der Waals surface area contributed by atoms with Gasteiger partial charge in [0.05, 0.1) is 6.54 Å². The maximum absolute atomic E-state index is 12.5. The SMILES string of the molecule is O=C(CNC(=O)c1ccccc1)NC1CCN(C(=O)c2cc(O)c(O)c(O)c2)CC1. The number of hydrogen-bond donors (Lipinski definition) is 5. The summed E-state index contributed by atoms with van der Waals surface area (Å²) in [4.78, 5) is 38.2. The van der Waals surface area contributed by atoms with Crippen LogP contribution in [0.5, 0.6) is 17.2 Å². The monoisotopic (exact) mass is 413 g/mol. The van der Waals surface area contributed by atoms with Gasteiger partial charge in [-0.1, -0.05) is 18.2 Å². The molecule has 0 bridgehead atoms. The third-order valence-electron chi connectivity index (χ3n) is 4.91. The molecule has 1 heterocycles. The second-order valence-corrected chi connectivity index (χ2v) is 7.05. The van der Waals surface area contributed by atoms with Gasteiger partial charge in [-0.25, -0.2) is 0 Å². The van der Waals surface area contributed by atoms with E-state index in [2.05, 4.69) is 10.6 Å².